The van der Waals surface area contributed by atoms with Gasteiger partial charge in [-0.05, 0) is 43.7 Å². The van der Waals surface area contributed by atoms with Crippen LogP contribution in [0.3, 0.4) is 0 Å². The SMILES string of the molecule is Cc1cc(/C=N\NC(=O)CSCc2ccccc2Cl)c(C)n1-c1cccc(Cl)c1Cl. The van der Waals surface area contributed by atoms with E-state index in [0.29, 0.717) is 26.6 Å². The molecule has 1 amide bonds. The first kappa shape index (κ1) is 22.8. The fraction of sp³-hybridized carbons (Fsp3) is 0.182. The van der Waals surface area contributed by atoms with Gasteiger partial charge in [0.15, 0.2) is 0 Å². The van der Waals surface area contributed by atoms with E-state index in [1.165, 1.54) is 11.8 Å². The smallest absolute Gasteiger partial charge is 0.250 e. The maximum absolute atomic E-state index is 12.1. The molecular weight excluding hydrogens is 461 g/mol. The van der Waals surface area contributed by atoms with Crippen LogP contribution >= 0.6 is 46.6 Å². The van der Waals surface area contributed by atoms with Crippen LogP contribution < -0.4 is 5.43 Å². The molecule has 4 nitrogen and oxygen atoms in total. The number of benzene rings is 2. The molecule has 0 aliphatic rings. The van der Waals surface area contributed by atoms with Crippen molar-refractivity contribution in [3.8, 4) is 5.69 Å². The summed E-state index contributed by atoms with van der Waals surface area (Å²) in [4.78, 5) is 12.1. The maximum atomic E-state index is 12.1. The van der Waals surface area contributed by atoms with Gasteiger partial charge in [0.25, 0.3) is 0 Å². The third-order valence-corrected chi connectivity index (χ3v) is 6.64. The molecule has 1 N–H and O–H groups in total. The monoisotopic (exact) mass is 479 g/mol. The van der Waals surface area contributed by atoms with E-state index in [4.69, 9.17) is 34.8 Å². The van der Waals surface area contributed by atoms with Gasteiger partial charge >= 0.3 is 0 Å². The normalized spacial score (nSPS) is 11.2. The van der Waals surface area contributed by atoms with Gasteiger partial charge in [-0.2, -0.15) is 5.10 Å². The number of hydrogen-bond donors (Lipinski definition) is 1. The first-order valence-electron chi connectivity index (χ1n) is 9.15. The average Bonchev–Trinajstić information content (AvgIpc) is 2.99. The molecule has 0 fully saturated rings. The van der Waals surface area contributed by atoms with Gasteiger partial charge in [0, 0.05) is 27.7 Å². The molecule has 156 valence electrons. The number of rotatable bonds is 7. The van der Waals surface area contributed by atoms with Crippen molar-refractivity contribution < 1.29 is 4.79 Å². The Morgan fingerprint density at radius 2 is 1.83 bits per heavy atom. The minimum Gasteiger partial charge on any atom is -0.316 e. The Balaban J connectivity index is 1.61. The molecule has 2 aromatic carbocycles. The molecule has 8 heteroatoms. The first-order chi connectivity index (χ1) is 14.4. The van der Waals surface area contributed by atoms with Gasteiger partial charge in [-0.25, -0.2) is 5.43 Å². The Morgan fingerprint density at radius 3 is 2.60 bits per heavy atom. The van der Waals surface area contributed by atoms with Crippen molar-refractivity contribution in [2.24, 2.45) is 5.10 Å². The molecule has 1 aromatic heterocycles. The topological polar surface area (TPSA) is 46.4 Å². The summed E-state index contributed by atoms with van der Waals surface area (Å²) in [7, 11) is 0. The van der Waals surface area contributed by atoms with E-state index in [1.54, 1.807) is 12.3 Å². The van der Waals surface area contributed by atoms with Gasteiger partial charge in [-0.15, -0.1) is 11.8 Å². The van der Waals surface area contributed by atoms with Crippen molar-refractivity contribution >= 4 is 58.7 Å². The van der Waals surface area contributed by atoms with Gasteiger partial charge in [0.05, 0.1) is 27.7 Å². The number of carbonyl (C=O) groups excluding carboxylic acids is 1. The van der Waals surface area contributed by atoms with E-state index < -0.39 is 0 Å². The van der Waals surface area contributed by atoms with Crippen LogP contribution in [0, 0.1) is 13.8 Å². The van der Waals surface area contributed by atoms with Crippen LogP contribution in [-0.4, -0.2) is 22.4 Å². The number of aryl methyl sites for hydroxylation is 1. The molecule has 3 aromatic rings. The summed E-state index contributed by atoms with van der Waals surface area (Å²) < 4.78 is 2.01. The van der Waals surface area contributed by atoms with E-state index in [2.05, 4.69) is 10.5 Å². The Labute approximate surface area is 195 Å². The average molecular weight is 481 g/mol. The van der Waals surface area contributed by atoms with Crippen LogP contribution in [0.4, 0.5) is 0 Å². The number of halogens is 3. The summed E-state index contributed by atoms with van der Waals surface area (Å²) in [5.74, 6) is 0.785. The van der Waals surface area contributed by atoms with E-state index >= 15 is 0 Å². The molecule has 30 heavy (non-hydrogen) atoms. The van der Waals surface area contributed by atoms with Gasteiger partial charge in [0.2, 0.25) is 5.91 Å². The molecule has 0 radical (unpaired) electrons. The van der Waals surface area contributed by atoms with E-state index in [-0.39, 0.29) is 5.91 Å². The Bertz CT molecular complexity index is 1100. The van der Waals surface area contributed by atoms with E-state index in [9.17, 15) is 4.79 Å². The number of nitrogens with one attached hydrogen (secondary N) is 1. The van der Waals surface area contributed by atoms with Gasteiger partial charge in [-0.3, -0.25) is 4.79 Å². The van der Waals surface area contributed by atoms with Crippen molar-refractivity contribution in [1.29, 1.82) is 0 Å². The molecule has 0 aliphatic carbocycles. The maximum Gasteiger partial charge on any atom is 0.250 e. The molecule has 0 atom stereocenters. The minimum atomic E-state index is -0.171. The fourth-order valence-electron chi connectivity index (χ4n) is 3.03. The van der Waals surface area contributed by atoms with Crippen molar-refractivity contribution in [2.75, 3.05) is 5.75 Å². The molecule has 0 bridgehead atoms. The predicted octanol–water partition coefficient (Wildman–Crippen LogP) is 6.44. The summed E-state index contributed by atoms with van der Waals surface area (Å²) >= 11 is 20.1. The largest absolute Gasteiger partial charge is 0.316 e. The number of amides is 1. The van der Waals surface area contributed by atoms with E-state index in [1.807, 2.05) is 60.9 Å². The lowest BCUT2D eigenvalue weighted by Gasteiger charge is -2.12. The van der Waals surface area contributed by atoms with Crippen LogP contribution in [0.25, 0.3) is 5.69 Å². The molecule has 3 rings (SSSR count). The Hall–Kier alpha value is -1.92. The first-order valence-corrected chi connectivity index (χ1v) is 11.4. The molecule has 0 saturated heterocycles. The molecule has 0 aliphatic heterocycles. The zero-order valence-electron chi connectivity index (χ0n) is 16.5. The van der Waals surface area contributed by atoms with Gasteiger partial charge < -0.3 is 4.57 Å². The summed E-state index contributed by atoms with van der Waals surface area (Å²) in [6, 6.07) is 15.1. The second kappa shape index (κ2) is 10.4. The number of hydrogen-bond acceptors (Lipinski definition) is 3. The van der Waals surface area contributed by atoms with Crippen molar-refractivity contribution in [3.05, 3.63) is 86.1 Å². The number of nitrogens with zero attached hydrogens (tertiary/aromatic N) is 2. The number of carbonyl (C=O) groups is 1. The molecule has 1 heterocycles. The van der Waals surface area contributed by atoms with Crippen LogP contribution in [0.2, 0.25) is 15.1 Å². The molecule has 0 spiro atoms. The minimum absolute atomic E-state index is 0.171. The number of thioether (sulfide) groups is 1. The van der Waals surface area contributed by atoms with Crippen LogP contribution in [-0.2, 0) is 10.5 Å². The summed E-state index contributed by atoms with van der Waals surface area (Å²) in [5, 5.41) is 5.80. The Kier molecular flexibility index (Phi) is 7.89. The molecule has 0 unspecified atom stereocenters. The summed E-state index contributed by atoms with van der Waals surface area (Å²) in [5.41, 5.74) is 7.19. The number of aromatic nitrogens is 1. The third-order valence-electron chi connectivity index (χ3n) is 4.48. The highest BCUT2D eigenvalue weighted by Crippen LogP contribution is 2.31. The van der Waals surface area contributed by atoms with Crippen molar-refractivity contribution in [3.63, 3.8) is 0 Å². The molecular formula is C22H20Cl3N3OS. The van der Waals surface area contributed by atoms with E-state index in [0.717, 1.165) is 28.2 Å². The van der Waals surface area contributed by atoms with Gasteiger partial charge in [-0.1, -0.05) is 59.1 Å². The van der Waals surface area contributed by atoms with Crippen LogP contribution in [0.5, 0.6) is 0 Å². The lowest BCUT2D eigenvalue weighted by Crippen LogP contribution is -2.19. The second-order valence-corrected chi connectivity index (χ2v) is 8.79. The predicted molar refractivity (Wildman–Crippen MR) is 129 cm³/mol. The highest BCUT2D eigenvalue weighted by molar-refractivity contribution is 7.99. The van der Waals surface area contributed by atoms with Crippen molar-refractivity contribution in [1.82, 2.24) is 9.99 Å². The van der Waals surface area contributed by atoms with Gasteiger partial charge in [0.1, 0.15) is 0 Å². The second-order valence-electron chi connectivity index (χ2n) is 6.61. The lowest BCUT2D eigenvalue weighted by molar-refractivity contribution is -0.118. The highest BCUT2D eigenvalue weighted by Gasteiger charge is 2.13. The third kappa shape index (κ3) is 5.41. The quantitative estimate of drug-likeness (QED) is 0.312. The standard InChI is InChI=1S/C22H20Cl3N3OS/c1-14-10-17(15(2)28(14)20-9-5-8-19(24)22(20)25)11-26-27-21(29)13-30-12-16-6-3-4-7-18(16)23/h3-11H,12-13H2,1-2H3,(H,27,29)/b26-11-. The molecule has 0 saturated carbocycles. The van der Waals surface area contributed by atoms with Crippen LogP contribution in [0.15, 0.2) is 53.6 Å². The summed E-state index contributed by atoms with van der Waals surface area (Å²) in [6.07, 6.45) is 1.63. The zero-order chi connectivity index (χ0) is 21.7. The zero-order valence-corrected chi connectivity index (χ0v) is 19.5. The summed E-state index contributed by atoms with van der Waals surface area (Å²) in [6.45, 7) is 3.94. The highest BCUT2D eigenvalue weighted by atomic mass is 35.5. The Morgan fingerprint density at radius 1 is 1.10 bits per heavy atom. The lowest BCUT2D eigenvalue weighted by atomic mass is 10.2. The van der Waals surface area contributed by atoms with Crippen LogP contribution in [0.1, 0.15) is 22.5 Å². The number of hydrazone groups is 1. The fourth-order valence-corrected chi connectivity index (χ4v) is 4.51. The van der Waals surface area contributed by atoms with Crippen molar-refractivity contribution in [2.45, 2.75) is 19.6 Å².